The monoisotopic (exact) mass is 464 g/mol. The molecule has 0 radical (unpaired) electrons. The van der Waals surface area contributed by atoms with E-state index >= 15 is 0 Å². The number of benzene rings is 2. The summed E-state index contributed by atoms with van der Waals surface area (Å²) in [6.45, 7) is 1.79. The van der Waals surface area contributed by atoms with Crippen molar-refractivity contribution in [3.05, 3.63) is 63.6 Å². The van der Waals surface area contributed by atoms with Crippen molar-refractivity contribution >= 4 is 43.3 Å². The van der Waals surface area contributed by atoms with Gasteiger partial charge in [0.2, 0.25) is 5.91 Å². The number of nitrogens with one attached hydrogen (secondary N) is 2. The third-order valence-electron chi connectivity index (χ3n) is 4.34. The van der Waals surface area contributed by atoms with Crippen molar-refractivity contribution in [2.75, 3.05) is 11.1 Å². The lowest BCUT2D eigenvalue weighted by molar-refractivity contribution is -0.113. The molecule has 8 heteroatoms. The molecule has 148 valence electrons. The summed E-state index contributed by atoms with van der Waals surface area (Å²) < 4.78 is 25.5. The smallest absolute Gasteiger partial charge is 0.251 e. The molecule has 2 N–H and O–H groups in total. The van der Waals surface area contributed by atoms with Gasteiger partial charge in [0, 0.05) is 21.8 Å². The molecule has 0 aromatic heterocycles. The van der Waals surface area contributed by atoms with Gasteiger partial charge in [-0.2, -0.15) is 0 Å². The standard InChI is InChI=1S/C20H21BrN2O4S/c1-13-2-5-15(20(25)22-17-8-9-17)10-18(13)23-19(24)12-28(26,27)11-14-3-6-16(21)7-4-14/h2-7,10,17H,8-9,11-12H2,1H3,(H,22,25)(H,23,24). The number of rotatable bonds is 7. The van der Waals surface area contributed by atoms with Crippen LogP contribution in [0, 0.1) is 6.92 Å². The predicted molar refractivity (Wildman–Crippen MR) is 112 cm³/mol. The highest BCUT2D eigenvalue weighted by Crippen LogP contribution is 2.21. The summed E-state index contributed by atoms with van der Waals surface area (Å²) in [6.07, 6.45) is 1.97. The Morgan fingerprint density at radius 1 is 1.11 bits per heavy atom. The normalized spacial score (nSPS) is 13.8. The average Bonchev–Trinajstić information content (AvgIpc) is 3.42. The Kier molecular flexibility index (Phi) is 6.20. The molecular formula is C20H21BrN2O4S. The number of aryl methyl sites for hydroxylation is 1. The first-order valence-electron chi connectivity index (χ1n) is 8.88. The third kappa shape index (κ3) is 5.90. The van der Waals surface area contributed by atoms with E-state index in [1.54, 1.807) is 49.4 Å². The van der Waals surface area contributed by atoms with E-state index in [9.17, 15) is 18.0 Å². The molecule has 1 aliphatic rings. The summed E-state index contributed by atoms with van der Waals surface area (Å²) >= 11 is 3.30. The minimum atomic E-state index is -3.62. The Balaban J connectivity index is 1.64. The van der Waals surface area contributed by atoms with E-state index < -0.39 is 21.5 Å². The molecule has 3 rings (SSSR count). The van der Waals surface area contributed by atoms with E-state index in [2.05, 4.69) is 26.6 Å². The summed E-state index contributed by atoms with van der Waals surface area (Å²) in [5.41, 5.74) is 2.24. The Morgan fingerprint density at radius 2 is 1.79 bits per heavy atom. The number of carbonyl (C=O) groups is 2. The molecule has 1 saturated carbocycles. The minimum absolute atomic E-state index is 0.194. The van der Waals surface area contributed by atoms with Gasteiger partial charge in [-0.3, -0.25) is 9.59 Å². The second-order valence-electron chi connectivity index (χ2n) is 6.98. The largest absolute Gasteiger partial charge is 0.349 e. The maximum atomic E-state index is 12.3. The minimum Gasteiger partial charge on any atom is -0.349 e. The second kappa shape index (κ2) is 8.45. The first kappa shape index (κ1) is 20.5. The maximum absolute atomic E-state index is 12.3. The zero-order valence-corrected chi connectivity index (χ0v) is 17.8. The summed E-state index contributed by atoms with van der Waals surface area (Å²) in [5, 5.41) is 5.51. The molecule has 0 spiro atoms. The van der Waals surface area contributed by atoms with Crippen molar-refractivity contribution in [3.8, 4) is 0 Å². The van der Waals surface area contributed by atoms with Gasteiger partial charge in [0.1, 0.15) is 5.75 Å². The van der Waals surface area contributed by atoms with Crippen molar-refractivity contribution in [1.82, 2.24) is 5.32 Å². The Hall–Kier alpha value is -2.19. The summed E-state index contributed by atoms with van der Waals surface area (Å²) in [4.78, 5) is 24.5. The fourth-order valence-corrected chi connectivity index (χ4v) is 4.20. The van der Waals surface area contributed by atoms with Gasteiger partial charge >= 0.3 is 0 Å². The average molecular weight is 465 g/mol. The van der Waals surface area contributed by atoms with E-state index in [-0.39, 0.29) is 17.7 Å². The van der Waals surface area contributed by atoms with Gasteiger partial charge in [-0.25, -0.2) is 8.42 Å². The Bertz CT molecular complexity index is 999. The van der Waals surface area contributed by atoms with Gasteiger partial charge in [-0.05, 0) is 55.2 Å². The summed E-state index contributed by atoms with van der Waals surface area (Å²) in [5.74, 6) is -1.65. The fourth-order valence-electron chi connectivity index (χ4n) is 2.67. The SMILES string of the molecule is Cc1ccc(C(=O)NC2CC2)cc1NC(=O)CS(=O)(=O)Cc1ccc(Br)cc1. The van der Waals surface area contributed by atoms with Crippen molar-refractivity contribution < 1.29 is 18.0 Å². The Labute approximate surface area is 172 Å². The quantitative estimate of drug-likeness (QED) is 0.657. The molecule has 0 aliphatic heterocycles. The highest BCUT2D eigenvalue weighted by atomic mass is 79.9. The number of carbonyl (C=O) groups excluding carboxylic acids is 2. The number of sulfone groups is 1. The van der Waals surface area contributed by atoms with E-state index in [4.69, 9.17) is 0 Å². The zero-order valence-electron chi connectivity index (χ0n) is 15.4. The number of amides is 2. The third-order valence-corrected chi connectivity index (χ3v) is 6.34. The van der Waals surface area contributed by atoms with Crippen LogP contribution >= 0.6 is 15.9 Å². The summed E-state index contributed by atoms with van der Waals surface area (Å²) in [6, 6.07) is 12.1. The first-order valence-corrected chi connectivity index (χ1v) is 11.5. The van der Waals surface area contributed by atoms with Crippen LogP contribution in [0.15, 0.2) is 46.9 Å². The highest BCUT2D eigenvalue weighted by molar-refractivity contribution is 9.10. The van der Waals surface area contributed by atoms with Gasteiger partial charge < -0.3 is 10.6 Å². The Morgan fingerprint density at radius 3 is 2.43 bits per heavy atom. The van der Waals surface area contributed by atoms with Crippen molar-refractivity contribution in [2.24, 2.45) is 0 Å². The van der Waals surface area contributed by atoms with Crippen LogP contribution < -0.4 is 10.6 Å². The van der Waals surface area contributed by atoms with Gasteiger partial charge in [-0.1, -0.05) is 34.1 Å². The number of halogens is 1. The van der Waals surface area contributed by atoms with E-state index in [1.165, 1.54) is 0 Å². The van der Waals surface area contributed by atoms with Gasteiger partial charge in [0.25, 0.3) is 5.91 Å². The lowest BCUT2D eigenvalue weighted by atomic mass is 10.1. The van der Waals surface area contributed by atoms with Crippen LogP contribution in [0.2, 0.25) is 0 Å². The van der Waals surface area contributed by atoms with Crippen LogP contribution in [0.1, 0.15) is 34.3 Å². The molecule has 2 aromatic rings. The van der Waals surface area contributed by atoms with Crippen LogP contribution in [-0.2, 0) is 20.4 Å². The summed E-state index contributed by atoms with van der Waals surface area (Å²) in [7, 11) is -3.62. The molecule has 1 aliphatic carbocycles. The van der Waals surface area contributed by atoms with Crippen molar-refractivity contribution in [1.29, 1.82) is 0 Å². The number of hydrogen-bond donors (Lipinski definition) is 2. The van der Waals surface area contributed by atoms with E-state index in [0.29, 0.717) is 16.8 Å². The molecule has 0 bridgehead atoms. The molecule has 0 saturated heterocycles. The molecule has 0 unspecified atom stereocenters. The van der Waals surface area contributed by atoms with Crippen LogP contribution in [0.25, 0.3) is 0 Å². The topological polar surface area (TPSA) is 92.3 Å². The predicted octanol–water partition coefficient (Wildman–Crippen LogP) is 3.20. The molecule has 0 heterocycles. The molecule has 28 heavy (non-hydrogen) atoms. The molecule has 2 amide bonds. The van der Waals surface area contributed by atoms with Gasteiger partial charge in [0.15, 0.2) is 9.84 Å². The van der Waals surface area contributed by atoms with Gasteiger partial charge in [-0.15, -0.1) is 0 Å². The molecular weight excluding hydrogens is 444 g/mol. The molecule has 0 atom stereocenters. The van der Waals surface area contributed by atoms with Crippen LogP contribution in [0.4, 0.5) is 5.69 Å². The van der Waals surface area contributed by atoms with Crippen molar-refractivity contribution in [2.45, 2.75) is 31.6 Å². The molecule has 1 fully saturated rings. The van der Waals surface area contributed by atoms with Gasteiger partial charge in [0.05, 0.1) is 5.75 Å². The number of hydrogen-bond acceptors (Lipinski definition) is 4. The lowest BCUT2D eigenvalue weighted by Gasteiger charge is -2.11. The number of anilines is 1. The van der Waals surface area contributed by atoms with Crippen LogP contribution in [-0.4, -0.2) is 32.0 Å². The highest BCUT2D eigenvalue weighted by Gasteiger charge is 2.24. The zero-order chi connectivity index (χ0) is 20.3. The first-order chi connectivity index (χ1) is 13.2. The van der Waals surface area contributed by atoms with Crippen LogP contribution in [0.5, 0.6) is 0 Å². The molecule has 2 aromatic carbocycles. The van der Waals surface area contributed by atoms with E-state index in [0.717, 1.165) is 22.9 Å². The van der Waals surface area contributed by atoms with Crippen LogP contribution in [0.3, 0.4) is 0 Å². The molecule has 6 nitrogen and oxygen atoms in total. The van der Waals surface area contributed by atoms with E-state index in [1.807, 2.05) is 0 Å². The lowest BCUT2D eigenvalue weighted by Crippen LogP contribution is -2.26. The maximum Gasteiger partial charge on any atom is 0.251 e. The fraction of sp³-hybridized carbons (Fsp3) is 0.300. The van der Waals surface area contributed by atoms with Crippen molar-refractivity contribution in [3.63, 3.8) is 0 Å². The second-order valence-corrected chi connectivity index (χ2v) is 9.96.